The molecule has 0 spiro atoms. The molecular formula is C15H11Cl2N3O. The number of para-hydroxylation sites is 1. The summed E-state index contributed by atoms with van der Waals surface area (Å²) in [5.74, 6) is 0.900. The van der Waals surface area contributed by atoms with E-state index in [2.05, 4.69) is 10.1 Å². The Morgan fingerprint density at radius 3 is 2.62 bits per heavy atom. The van der Waals surface area contributed by atoms with E-state index in [9.17, 15) is 0 Å². The van der Waals surface area contributed by atoms with Gasteiger partial charge in [-0.1, -0.05) is 35.9 Å². The minimum Gasteiger partial charge on any atom is -0.422 e. The van der Waals surface area contributed by atoms with Crippen LogP contribution in [0.15, 0.2) is 54.9 Å². The minimum atomic E-state index is 0.236. The summed E-state index contributed by atoms with van der Waals surface area (Å²) in [6, 6.07) is 15.3. The first-order chi connectivity index (χ1) is 10.3. The van der Waals surface area contributed by atoms with Gasteiger partial charge in [0.2, 0.25) is 0 Å². The van der Waals surface area contributed by atoms with Gasteiger partial charge in [0, 0.05) is 5.88 Å². The van der Waals surface area contributed by atoms with Crippen molar-refractivity contribution in [2.24, 2.45) is 0 Å². The van der Waals surface area contributed by atoms with Gasteiger partial charge in [-0.25, -0.2) is 4.68 Å². The summed E-state index contributed by atoms with van der Waals surface area (Å²) < 4.78 is 7.23. The van der Waals surface area contributed by atoms with Crippen molar-refractivity contribution in [1.82, 2.24) is 14.8 Å². The van der Waals surface area contributed by atoms with Gasteiger partial charge in [-0.3, -0.25) is 0 Å². The molecule has 1 aromatic heterocycles. The predicted octanol–water partition coefficient (Wildman–Crippen LogP) is 4.45. The summed E-state index contributed by atoms with van der Waals surface area (Å²) in [4.78, 5) is 4.12. The Morgan fingerprint density at radius 1 is 1.10 bits per heavy atom. The van der Waals surface area contributed by atoms with E-state index in [-0.39, 0.29) is 6.01 Å². The van der Waals surface area contributed by atoms with Gasteiger partial charge in [-0.15, -0.1) is 16.7 Å². The van der Waals surface area contributed by atoms with E-state index in [1.807, 2.05) is 36.4 Å². The normalized spacial score (nSPS) is 10.6. The topological polar surface area (TPSA) is 39.9 Å². The second kappa shape index (κ2) is 6.16. The maximum absolute atomic E-state index is 6.14. The van der Waals surface area contributed by atoms with Gasteiger partial charge in [-0.2, -0.15) is 4.98 Å². The number of benzene rings is 2. The van der Waals surface area contributed by atoms with Crippen molar-refractivity contribution in [3.63, 3.8) is 0 Å². The van der Waals surface area contributed by atoms with Gasteiger partial charge in [0.15, 0.2) is 0 Å². The molecule has 3 aromatic rings. The van der Waals surface area contributed by atoms with Gasteiger partial charge >= 0.3 is 6.01 Å². The third kappa shape index (κ3) is 3.17. The van der Waals surface area contributed by atoms with Crippen LogP contribution in [-0.4, -0.2) is 14.8 Å². The molecule has 6 heteroatoms. The standard InChI is InChI=1S/C15H11Cl2N3O/c16-9-11-6-7-14(13(17)8-11)21-15-18-10-20(19-15)12-4-2-1-3-5-12/h1-8,10H,9H2. The molecule has 3 rings (SSSR count). The fourth-order valence-corrected chi connectivity index (χ4v) is 2.22. The Bertz CT molecular complexity index is 744. The van der Waals surface area contributed by atoms with Crippen LogP contribution in [0.4, 0.5) is 0 Å². The number of rotatable bonds is 4. The summed E-state index contributed by atoms with van der Waals surface area (Å²) in [6.45, 7) is 0. The van der Waals surface area contributed by atoms with Crippen molar-refractivity contribution in [2.75, 3.05) is 0 Å². The summed E-state index contributed by atoms with van der Waals surface area (Å²) in [5, 5.41) is 4.73. The molecule has 0 unspecified atom stereocenters. The lowest BCUT2D eigenvalue weighted by atomic mass is 10.2. The Labute approximate surface area is 131 Å². The average Bonchev–Trinajstić information content (AvgIpc) is 2.99. The Morgan fingerprint density at radius 2 is 1.90 bits per heavy atom. The number of halogens is 2. The number of hydrogen-bond acceptors (Lipinski definition) is 3. The largest absolute Gasteiger partial charge is 0.422 e. The molecule has 0 saturated carbocycles. The summed E-state index contributed by atoms with van der Waals surface area (Å²) in [5.41, 5.74) is 1.83. The van der Waals surface area contributed by atoms with Gasteiger partial charge in [0.25, 0.3) is 0 Å². The second-order valence-electron chi connectivity index (χ2n) is 4.31. The fourth-order valence-electron chi connectivity index (χ4n) is 1.81. The van der Waals surface area contributed by atoms with Crippen LogP contribution in [0.1, 0.15) is 5.56 Å². The zero-order valence-corrected chi connectivity index (χ0v) is 12.4. The molecule has 0 bridgehead atoms. The van der Waals surface area contributed by atoms with Crippen molar-refractivity contribution in [3.8, 4) is 17.4 Å². The Kier molecular flexibility index (Phi) is 4.08. The highest BCUT2D eigenvalue weighted by Gasteiger charge is 2.08. The van der Waals surface area contributed by atoms with Crippen LogP contribution in [0.25, 0.3) is 5.69 Å². The number of ether oxygens (including phenoxy) is 1. The summed E-state index contributed by atoms with van der Waals surface area (Å²) >= 11 is 11.9. The number of nitrogens with zero attached hydrogens (tertiary/aromatic N) is 3. The van der Waals surface area contributed by atoms with Gasteiger partial charge < -0.3 is 4.74 Å². The quantitative estimate of drug-likeness (QED) is 0.667. The molecule has 0 aliphatic rings. The lowest BCUT2D eigenvalue weighted by Gasteiger charge is -2.05. The third-order valence-corrected chi connectivity index (χ3v) is 3.45. The van der Waals surface area contributed by atoms with E-state index in [1.54, 1.807) is 23.1 Å². The molecule has 0 amide bonds. The number of alkyl halides is 1. The molecule has 4 nitrogen and oxygen atoms in total. The molecule has 2 aromatic carbocycles. The van der Waals surface area contributed by atoms with Crippen LogP contribution in [-0.2, 0) is 5.88 Å². The Balaban J connectivity index is 1.82. The van der Waals surface area contributed by atoms with E-state index < -0.39 is 0 Å². The molecule has 0 radical (unpaired) electrons. The summed E-state index contributed by atoms with van der Waals surface area (Å²) in [6.07, 6.45) is 1.59. The van der Waals surface area contributed by atoms with Gasteiger partial charge in [-0.05, 0) is 29.8 Å². The first-order valence-electron chi connectivity index (χ1n) is 6.25. The monoisotopic (exact) mass is 319 g/mol. The van der Waals surface area contributed by atoms with Crippen LogP contribution in [0.3, 0.4) is 0 Å². The van der Waals surface area contributed by atoms with Gasteiger partial charge in [0.1, 0.15) is 12.1 Å². The summed E-state index contributed by atoms with van der Waals surface area (Å²) in [7, 11) is 0. The lowest BCUT2D eigenvalue weighted by Crippen LogP contribution is -1.95. The zero-order valence-electron chi connectivity index (χ0n) is 10.9. The first-order valence-corrected chi connectivity index (χ1v) is 7.17. The molecule has 0 fully saturated rings. The van der Waals surface area contributed by atoms with Crippen molar-refractivity contribution >= 4 is 23.2 Å². The van der Waals surface area contributed by atoms with E-state index in [1.165, 1.54) is 0 Å². The maximum Gasteiger partial charge on any atom is 0.341 e. The van der Waals surface area contributed by atoms with Crippen molar-refractivity contribution < 1.29 is 4.74 Å². The number of hydrogen-bond donors (Lipinski definition) is 0. The molecule has 0 saturated heterocycles. The molecule has 0 aliphatic heterocycles. The first kappa shape index (κ1) is 13.9. The highest BCUT2D eigenvalue weighted by Crippen LogP contribution is 2.29. The molecule has 106 valence electrons. The highest BCUT2D eigenvalue weighted by molar-refractivity contribution is 6.32. The molecule has 0 N–H and O–H groups in total. The van der Waals surface area contributed by atoms with Crippen molar-refractivity contribution in [3.05, 3.63) is 65.4 Å². The maximum atomic E-state index is 6.14. The molecule has 0 atom stereocenters. The van der Waals surface area contributed by atoms with E-state index in [4.69, 9.17) is 27.9 Å². The van der Waals surface area contributed by atoms with E-state index >= 15 is 0 Å². The van der Waals surface area contributed by atoms with Crippen LogP contribution in [0.5, 0.6) is 11.8 Å². The Hall–Kier alpha value is -2.04. The molecule has 21 heavy (non-hydrogen) atoms. The van der Waals surface area contributed by atoms with Crippen LogP contribution >= 0.6 is 23.2 Å². The van der Waals surface area contributed by atoms with Crippen molar-refractivity contribution in [2.45, 2.75) is 5.88 Å². The van der Waals surface area contributed by atoms with Crippen LogP contribution < -0.4 is 4.74 Å². The highest BCUT2D eigenvalue weighted by atomic mass is 35.5. The van der Waals surface area contributed by atoms with Crippen LogP contribution in [0.2, 0.25) is 5.02 Å². The minimum absolute atomic E-state index is 0.236. The second-order valence-corrected chi connectivity index (χ2v) is 4.98. The fraction of sp³-hybridized carbons (Fsp3) is 0.0667. The lowest BCUT2D eigenvalue weighted by molar-refractivity contribution is 0.441. The third-order valence-electron chi connectivity index (χ3n) is 2.84. The average molecular weight is 320 g/mol. The van der Waals surface area contributed by atoms with Crippen molar-refractivity contribution in [1.29, 1.82) is 0 Å². The molecule has 0 aliphatic carbocycles. The molecule has 1 heterocycles. The number of aromatic nitrogens is 3. The molecular weight excluding hydrogens is 309 g/mol. The van der Waals surface area contributed by atoms with E-state index in [0.717, 1.165) is 11.3 Å². The predicted molar refractivity (Wildman–Crippen MR) is 82.4 cm³/mol. The van der Waals surface area contributed by atoms with E-state index in [0.29, 0.717) is 16.7 Å². The van der Waals surface area contributed by atoms with Crippen LogP contribution in [0, 0.1) is 0 Å². The SMILES string of the molecule is ClCc1ccc(Oc2ncn(-c3ccccc3)n2)c(Cl)c1. The zero-order chi connectivity index (χ0) is 14.7. The van der Waals surface area contributed by atoms with Gasteiger partial charge in [0.05, 0.1) is 10.7 Å². The smallest absolute Gasteiger partial charge is 0.341 e.